The molecule has 5 heteroatoms. The first-order valence-corrected chi connectivity index (χ1v) is 4.12. The van der Waals surface area contributed by atoms with E-state index in [1.807, 2.05) is 0 Å². The first-order chi connectivity index (χ1) is 5.88. The number of hydrogen-bond donors (Lipinski definition) is 1. The van der Waals surface area contributed by atoms with Crippen LogP contribution in [-0.4, -0.2) is 36.1 Å². The van der Waals surface area contributed by atoms with Crippen LogP contribution in [0.3, 0.4) is 0 Å². The van der Waals surface area contributed by atoms with Crippen molar-refractivity contribution in [3.05, 3.63) is 0 Å². The molecule has 1 fully saturated rings. The highest BCUT2D eigenvalue weighted by Gasteiger charge is 2.51. The summed E-state index contributed by atoms with van der Waals surface area (Å²) in [7, 11) is 1.64. The van der Waals surface area contributed by atoms with Crippen molar-refractivity contribution in [1.82, 2.24) is 4.90 Å². The number of likely N-dealkylation sites (tertiary alicyclic amines) is 1. The molecule has 13 heavy (non-hydrogen) atoms. The Labute approximate surface area is 76.8 Å². The topological polar surface area (TPSA) is 72.6 Å². The van der Waals surface area contributed by atoms with Crippen LogP contribution in [0.5, 0.6) is 0 Å². The molecule has 1 heterocycles. The number of carbonyl (C=O) groups is 2. The van der Waals surface area contributed by atoms with Gasteiger partial charge in [0.15, 0.2) is 0 Å². The minimum Gasteiger partial charge on any atom is -0.434 e. The molecule has 1 saturated heterocycles. The van der Waals surface area contributed by atoms with Gasteiger partial charge in [-0.1, -0.05) is 6.92 Å². The predicted molar refractivity (Wildman–Crippen MR) is 45.5 cm³/mol. The van der Waals surface area contributed by atoms with Crippen molar-refractivity contribution >= 4 is 11.9 Å². The van der Waals surface area contributed by atoms with Crippen LogP contribution in [-0.2, 0) is 14.3 Å². The van der Waals surface area contributed by atoms with E-state index in [0.717, 1.165) is 0 Å². The maximum atomic E-state index is 11.5. The van der Waals surface area contributed by atoms with Crippen molar-refractivity contribution in [3.8, 4) is 0 Å². The molecule has 2 atom stereocenters. The lowest BCUT2D eigenvalue weighted by atomic mass is 10.0. The Balaban J connectivity index is 2.87. The van der Waals surface area contributed by atoms with Crippen LogP contribution in [0.1, 0.15) is 13.8 Å². The molecule has 1 amide bonds. The van der Waals surface area contributed by atoms with E-state index in [1.54, 1.807) is 14.0 Å². The minimum absolute atomic E-state index is 0.172. The fourth-order valence-electron chi connectivity index (χ4n) is 1.52. The Kier molecular flexibility index (Phi) is 2.30. The van der Waals surface area contributed by atoms with Gasteiger partial charge in [0.2, 0.25) is 5.72 Å². The van der Waals surface area contributed by atoms with Crippen LogP contribution in [0.2, 0.25) is 0 Å². The number of likely N-dealkylation sites (N-methyl/N-ethyl adjacent to an activating group) is 1. The Bertz CT molecular complexity index is 254. The zero-order chi connectivity index (χ0) is 10.2. The molecule has 0 aromatic rings. The SMILES string of the molecule is CC(=O)O[C@]1(N)C(=O)N(C)C[C@@H]1C. The molecule has 0 aliphatic carbocycles. The monoisotopic (exact) mass is 186 g/mol. The third kappa shape index (κ3) is 1.51. The van der Waals surface area contributed by atoms with Crippen molar-refractivity contribution < 1.29 is 14.3 Å². The Morgan fingerprint density at radius 1 is 1.77 bits per heavy atom. The van der Waals surface area contributed by atoms with Gasteiger partial charge in [-0.05, 0) is 0 Å². The standard InChI is InChI=1S/C8H14N2O3/c1-5-4-10(3)7(12)8(5,9)13-6(2)11/h5H,4,9H2,1-3H3/t5-,8-/m0/s1. The minimum atomic E-state index is -1.46. The summed E-state index contributed by atoms with van der Waals surface area (Å²) >= 11 is 0. The largest absolute Gasteiger partial charge is 0.434 e. The fraction of sp³-hybridized carbons (Fsp3) is 0.750. The zero-order valence-corrected chi connectivity index (χ0v) is 8.03. The number of hydrogen-bond acceptors (Lipinski definition) is 4. The molecular weight excluding hydrogens is 172 g/mol. The molecule has 0 aromatic carbocycles. The normalized spacial score (nSPS) is 33.7. The first-order valence-electron chi connectivity index (χ1n) is 4.12. The molecule has 0 bridgehead atoms. The van der Waals surface area contributed by atoms with Gasteiger partial charge in [0.1, 0.15) is 0 Å². The van der Waals surface area contributed by atoms with Crippen molar-refractivity contribution in [2.24, 2.45) is 11.7 Å². The number of rotatable bonds is 1. The highest BCUT2D eigenvalue weighted by atomic mass is 16.6. The van der Waals surface area contributed by atoms with Crippen LogP contribution in [0, 0.1) is 5.92 Å². The molecule has 0 saturated carbocycles. The van der Waals surface area contributed by atoms with Crippen molar-refractivity contribution in [2.45, 2.75) is 19.6 Å². The molecule has 2 N–H and O–H groups in total. The van der Waals surface area contributed by atoms with Gasteiger partial charge in [-0.3, -0.25) is 15.3 Å². The van der Waals surface area contributed by atoms with E-state index in [2.05, 4.69) is 0 Å². The first kappa shape index (κ1) is 9.98. The summed E-state index contributed by atoms with van der Waals surface area (Å²) < 4.78 is 4.84. The van der Waals surface area contributed by atoms with Crippen molar-refractivity contribution in [1.29, 1.82) is 0 Å². The van der Waals surface area contributed by atoms with Crippen LogP contribution >= 0.6 is 0 Å². The maximum Gasteiger partial charge on any atom is 0.304 e. The second kappa shape index (κ2) is 2.99. The summed E-state index contributed by atoms with van der Waals surface area (Å²) in [5.41, 5.74) is 4.25. The van der Waals surface area contributed by atoms with Crippen LogP contribution in [0.4, 0.5) is 0 Å². The lowest BCUT2D eigenvalue weighted by Crippen LogP contribution is -2.54. The van der Waals surface area contributed by atoms with Crippen LogP contribution in [0.15, 0.2) is 0 Å². The molecule has 1 aliphatic heterocycles. The van der Waals surface area contributed by atoms with Gasteiger partial charge in [0, 0.05) is 26.4 Å². The molecule has 74 valence electrons. The molecule has 5 nitrogen and oxygen atoms in total. The summed E-state index contributed by atoms with van der Waals surface area (Å²) in [4.78, 5) is 23.7. The van der Waals surface area contributed by atoms with E-state index in [1.165, 1.54) is 11.8 Å². The Morgan fingerprint density at radius 3 is 2.62 bits per heavy atom. The van der Waals surface area contributed by atoms with Gasteiger partial charge in [-0.2, -0.15) is 0 Å². The predicted octanol–water partition coefficient (Wildman–Crippen LogP) is -0.687. The van der Waals surface area contributed by atoms with Gasteiger partial charge in [0.25, 0.3) is 5.91 Å². The number of esters is 1. The molecule has 1 aliphatic rings. The lowest BCUT2D eigenvalue weighted by Gasteiger charge is -2.24. The van der Waals surface area contributed by atoms with Crippen LogP contribution < -0.4 is 5.73 Å². The molecule has 0 spiro atoms. The lowest BCUT2D eigenvalue weighted by molar-refractivity contribution is -0.169. The fourth-order valence-corrected chi connectivity index (χ4v) is 1.52. The van der Waals surface area contributed by atoms with Gasteiger partial charge in [0.05, 0.1) is 0 Å². The Hall–Kier alpha value is -1.10. The van der Waals surface area contributed by atoms with Crippen molar-refractivity contribution in [2.75, 3.05) is 13.6 Å². The summed E-state index contributed by atoms with van der Waals surface area (Å²) in [6, 6.07) is 0. The van der Waals surface area contributed by atoms with Crippen molar-refractivity contribution in [3.63, 3.8) is 0 Å². The van der Waals surface area contributed by atoms with Gasteiger partial charge < -0.3 is 9.64 Å². The third-order valence-corrected chi connectivity index (χ3v) is 2.27. The number of nitrogens with two attached hydrogens (primary N) is 1. The number of amides is 1. The average Bonchev–Trinajstić information content (AvgIpc) is 2.15. The summed E-state index contributed by atoms with van der Waals surface area (Å²) in [6.45, 7) is 3.54. The average molecular weight is 186 g/mol. The Morgan fingerprint density at radius 2 is 2.31 bits per heavy atom. The van der Waals surface area contributed by atoms with Gasteiger partial charge in [-0.15, -0.1) is 0 Å². The quantitative estimate of drug-likeness (QED) is 0.434. The summed E-state index contributed by atoms with van der Waals surface area (Å²) in [5.74, 6) is -1.04. The maximum absolute atomic E-state index is 11.5. The highest BCUT2D eigenvalue weighted by Crippen LogP contribution is 2.26. The number of nitrogens with zero attached hydrogens (tertiary/aromatic N) is 1. The van der Waals surface area contributed by atoms with E-state index < -0.39 is 11.7 Å². The van der Waals surface area contributed by atoms with E-state index in [0.29, 0.717) is 6.54 Å². The number of ether oxygens (including phenoxy) is 1. The smallest absolute Gasteiger partial charge is 0.304 e. The van der Waals surface area contributed by atoms with Gasteiger partial charge >= 0.3 is 5.97 Å². The second-order valence-corrected chi connectivity index (χ2v) is 3.47. The molecule has 0 aromatic heterocycles. The molecular formula is C8H14N2O3. The van der Waals surface area contributed by atoms with E-state index in [9.17, 15) is 9.59 Å². The van der Waals surface area contributed by atoms with E-state index in [4.69, 9.17) is 10.5 Å². The zero-order valence-electron chi connectivity index (χ0n) is 8.03. The number of carbonyl (C=O) groups excluding carboxylic acids is 2. The van der Waals surface area contributed by atoms with Crippen LogP contribution in [0.25, 0.3) is 0 Å². The van der Waals surface area contributed by atoms with E-state index >= 15 is 0 Å². The molecule has 0 unspecified atom stereocenters. The van der Waals surface area contributed by atoms with E-state index in [-0.39, 0.29) is 11.8 Å². The molecule has 1 rings (SSSR count). The molecule has 0 radical (unpaired) electrons. The van der Waals surface area contributed by atoms with Gasteiger partial charge in [-0.25, -0.2) is 0 Å². The summed E-state index contributed by atoms with van der Waals surface area (Å²) in [5, 5.41) is 0. The second-order valence-electron chi connectivity index (χ2n) is 3.47. The summed E-state index contributed by atoms with van der Waals surface area (Å²) in [6.07, 6.45) is 0. The highest BCUT2D eigenvalue weighted by molar-refractivity contribution is 5.89. The third-order valence-electron chi connectivity index (χ3n) is 2.27.